The van der Waals surface area contributed by atoms with Gasteiger partial charge in [-0.25, -0.2) is 13.2 Å². The van der Waals surface area contributed by atoms with Crippen molar-refractivity contribution in [2.75, 3.05) is 0 Å². The van der Waals surface area contributed by atoms with E-state index in [0.717, 1.165) is 31.7 Å². The summed E-state index contributed by atoms with van der Waals surface area (Å²) in [6, 6.07) is 2.24. The van der Waals surface area contributed by atoms with Crippen molar-refractivity contribution in [3.05, 3.63) is 35.1 Å². The number of hydrogen-bond acceptors (Lipinski definition) is 1. The molecule has 1 aromatic carbocycles. The fourth-order valence-corrected chi connectivity index (χ4v) is 3.07. The third-order valence-corrected chi connectivity index (χ3v) is 4.27. The van der Waals surface area contributed by atoms with Crippen molar-refractivity contribution >= 4 is 0 Å². The van der Waals surface area contributed by atoms with E-state index in [9.17, 15) is 13.2 Å². The van der Waals surface area contributed by atoms with Crippen LogP contribution < -0.4 is 5.73 Å². The second-order valence-corrected chi connectivity index (χ2v) is 5.61. The average Bonchev–Trinajstić information content (AvgIpc) is 2.39. The Morgan fingerprint density at radius 3 is 2.37 bits per heavy atom. The molecule has 106 valence electrons. The van der Waals surface area contributed by atoms with Crippen molar-refractivity contribution < 1.29 is 13.2 Å². The van der Waals surface area contributed by atoms with Gasteiger partial charge in [-0.15, -0.1) is 0 Å². The molecule has 1 aliphatic carbocycles. The van der Waals surface area contributed by atoms with Gasteiger partial charge in [-0.2, -0.15) is 0 Å². The monoisotopic (exact) mass is 271 g/mol. The minimum atomic E-state index is -1.42. The van der Waals surface area contributed by atoms with Gasteiger partial charge < -0.3 is 5.73 Å². The molecule has 0 unspecified atom stereocenters. The Hall–Kier alpha value is -1.03. The van der Waals surface area contributed by atoms with Crippen molar-refractivity contribution in [2.45, 2.75) is 51.0 Å². The fourth-order valence-electron chi connectivity index (χ4n) is 3.07. The summed E-state index contributed by atoms with van der Waals surface area (Å²) in [7, 11) is 0. The van der Waals surface area contributed by atoms with Gasteiger partial charge in [-0.3, -0.25) is 0 Å². The molecule has 1 saturated carbocycles. The molecule has 1 aliphatic rings. The molecule has 0 spiro atoms. The van der Waals surface area contributed by atoms with Crippen LogP contribution in [0.25, 0.3) is 0 Å². The molecule has 0 aromatic heterocycles. The van der Waals surface area contributed by atoms with Crippen LogP contribution in [0.4, 0.5) is 13.2 Å². The topological polar surface area (TPSA) is 26.0 Å². The first-order valence-electron chi connectivity index (χ1n) is 6.91. The minimum Gasteiger partial charge on any atom is -0.321 e. The molecule has 0 radical (unpaired) electrons. The van der Waals surface area contributed by atoms with E-state index >= 15 is 0 Å². The number of benzene rings is 1. The minimum absolute atomic E-state index is 0.112. The van der Waals surface area contributed by atoms with E-state index in [2.05, 4.69) is 6.92 Å². The summed E-state index contributed by atoms with van der Waals surface area (Å²) in [5, 5.41) is 0. The maximum atomic E-state index is 13.8. The lowest BCUT2D eigenvalue weighted by molar-refractivity contribution is 0.219. The Morgan fingerprint density at radius 1 is 1.16 bits per heavy atom. The maximum Gasteiger partial charge on any atom is 0.194 e. The van der Waals surface area contributed by atoms with Gasteiger partial charge in [-0.05, 0) is 37.7 Å². The van der Waals surface area contributed by atoms with Gasteiger partial charge in [0.1, 0.15) is 0 Å². The Kier molecular flexibility index (Phi) is 4.19. The van der Waals surface area contributed by atoms with Crippen LogP contribution in [0.15, 0.2) is 12.1 Å². The molecule has 0 saturated heterocycles. The quantitative estimate of drug-likeness (QED) is 0.817. The first-order chi connectivity index (χ1) is 8.98. The molecular formula is C15H20F3N. The molecular weight excluding hydrogens is 251 g/mol. The zero-order valence-corrected chi connectivity index (χ0v) is 11.2. The third kappa shape index (κ3) is 2.78. The molecule has 0 bridgehead atoms. The van der Waals surface area contributed by atoms with Crippen molar-refractivity contribution in [3.63, 3.8) is 0 Å². The summed E-state index contributed by atoms with van der Waals surface area (Å²) in [6.07, 6.45) is 5.36. The largest absolute Gasteiger partial charge is 0.321 e. The summed E-state index contributed by atoms with van der Waals surface area (Å²) in [5.41, 5.74) is 5.48. The first-order valence-corrected chi connectivity index (χ1v) is 6.91. The second-order valence-electron chi connectivity index (χ2n) is 5.61. The fraction of sp³-hybridized carbons (Fsp3) is 0.600. The maximum absolute atomic E-state index is 13.8. The average molecular weight is 271 g/mol. The lowest BCUT2D eigenvalue weighted by Gasteiger charge is -2.37. The van der Waals surface area contributed by atoms with Gasteiger partial charge in [0, 0.05) is 11.1 Å². The van der Waals surface area contributed by atoms with E-state index in [4.69, 9.17) is 5.73 Å². The zero-order chi connectivity index (χ0) is 14.0. The summed E-state index contributed by atoms with van der Waals surface area (Å²) in [6.45, 7) is 2.14. The van der Waals surface area contributed by atoms with Crippen LogP contribution in [-0.2, 0) is 5.54 Å². The van der Waals surface area contributed by atoms with E-state index in [1.807, 2.05) is 0 Å². The molecule has 1 nitrogen and oxygen atoms in total. The molecule has 0 heterocycles. The summed E-state index contributed by atoms with van der Waals surface area (Å²) < 4.78 is 40.1. The van der Waals surface area contributed by atoms with Crippen LogP contribution in [0.2, 0.25) is 0 Å². The van der Waals surface area contributed by atoms with Gasteiger partial charge in [0.15, 0.2) is 17.5 Å². The van der Waals surface area contributed by atoms with E-state index < -0.39 is 23.0 Å². The lowest BCUT2D eigenvalue weighted by atomic mass is 9.72. The normalized spacial score (nSPS) is 27.5. The van der Waals surface area contributed by atoms with E-state index in [1.165, 1.54) is 6.07 Å². The molecule has 4 heteroatoms. The molecule has 2 N–H and O–H groups in total. The van der Waals surface area contributed by atoms with Crippen LogP contribution in [0.5, 0.6) is 0 Å². The van der Waals surface area contributed by atoms with Gasteiger partial charge in [-0.1, -0.05) is 25.8 Å². The highest BCUT2D eigenvalue weighted by Gasteiger charge is 2.36. The molecule has 0 aliphatic heterocycles. The number of hydrogen-bond donors (Lipinski definition) is 1. The number of halogens is 3. The molecule has 2 rings (SSSR count). The van der Waals surface area contributed by atoms with Crippen molar-refractivity contribution in [1.82, 2.24) is 0 Å². The van der Waals surface area contributed by atoms with E-state index in [-0.39, 0.29) is 5.56 Å². The van der Waals surface area contributed by atoms with E-state index in [0.29, 0.717) is 18.8 Å². The third-order valence-electron chi connectivity index (χ3n) is 4.27. The smallest absolute Gasteiger partial charge is 0.194 e. The van der Waals surface area contributed by atoms with Crippen molar-refractivity contribution in [1.29, 1.82) is 0 Å². The molecule has 0 amide bonds. The first kappa shape index (κ1) is 14.4. The van der Waals surface area contributed by atoms with Crippen LogP contribution in [-0.4, -0.2) is 0 Å². The lowest BCUT2D eigenvalue weighted by Crippen LogP contribution is -2.41. The Balaban J connectivity index is 2.20. The summed E-state index contributed by atoms with van der Waals surface area (Å²) in [5.74, 6) is -3.09. The highest BCUT2D eigenvalue weighted by molar-refractivity contribution is 5.28. The highest BCUT2D eigenvalue weighted by Crippen LogP contribution is 2.40. The molecule has 1 fully saturated rings. The standard InChI is InChI=1S/C15H20F3N/c1-2-3-10-6-8-15(19,9-7-10)11-4-5-12(16)14(18)13(11)17/h4-5,10H,2-3,6-9,19H2,1H3. The zero-order valence-electron chi connectivity index (χ0n) is 11.2. The van der Waals surface area contributed by atoms with Crippen LogP contribution in [0, 0.1) is 23.4 Å². The highest BCUT2D eigenvalue weighted by atomic mass is 19.2. The Morgan fingerprint density at radius 2 is 1.79 bits per heavy atom. The van der Waals surface area contributed by atoms with Crippen molar-refractivity contribution in [3.8, 4) is 0 Å². The predicted octanol–water partition coefficient (Wildman–Crippen LogP) is 4.25. The summed E-state index contributed by atoms with van der Waals surface area (Å²) >= 11 is 0. The van der Waals surface area contributed by atoms with Gasteiger partial charge in [0.05, 0.1) is 0 Å². The van der Waals surface area contributed by atoms with Crippen LogP contribution in [0.1, 0.15) is 51.0 Å². The Labute approximate surface area is 112 Å². The number of rotatable bonds is 3. The molecule has 1 aromatic rings. The van der Waals surface area contributed by atoms with Crippen molar-refractivity contribution in [2.24, 2.45) is 11.7 Å². The summed E-state index contributed by atoms with van der Waals surface area (Å²) in [4.78, 5) is 0. The van der Waals surface area contributed by atoms with E-state index in [1.54, 1.807) is 0 Å². The Bertz CT molecular complexity index is 451. The second kappa shape index (κ2) is 5.53. The molecule has 19 heavy (non-hydrogen) atoms. The van der Waals surface area contributed by atoms with Gasteiger partial charge >= 0.3 is 0 Å². The molecule has 0 atom stereocenters. The SMILES string of the molecule is CCCC1CCC(N)(c2ccc(F)c(F)c2F)CC1. The van der Waals surface area contributed by atoms with Gasteiger partial charge in [0.2, 0.25) is 0 Å². The van der Waals surface area contributed by atoms with Crippen LogP contribution >= 0.6 is 0 Å². The predicted molar refractivity (Wildman–Crippen MR) is 69.0 cm³/mol. The van der Waals surface area contributed by atoms with Crippen LogP contribution in [0.3, 0.4) is 0 Å². The number of nitrogens with two attached hydrogens (primary N) is 1. The van der Waals surface area contributed by atoms with Gasteiger partial charge in [0.25, 0.3) is 0 Å².